The molecule has 1 fully saturated rings. The minimum absolute atomic E-state index is 0.00403. The number of rotatable bonds is 4. The Balaban J connectivity index is 1.74. The van der Waals surface area contributed by atoms with Gasteiger partial charge in [0, 0.05) is 12.5 Å². The van der Waals surface area contributed by atoms with Crippen molar-refractivity contribution in [3.8, 4) is 0 Å². The summed E-state index contributed by atoms with van der Waals surface area (Å²) in [5, 5.41) is 13.8. The van der Waals surface area contributed by atoms with Crippen molar-refractivity contribution in [1.82, 2.24) is 19.9 Å². The summed E-state index contributed by atoms with van der Waals surface area (Å²) in [6.07, 6.45) is 2.99. The lowest BCUT2D eigenvalue weighted by atomic mass is 9.97. The van der Waals surface area contributed by atoms with Crippen LogP contribution in [0, 0.1) is 0 Å². The molecule has 0 aromatic carbocycles. The summed E-state index contributed by atoms with van der Waals surface area (Å²) in [6, 6.07) is 1.34. The van der Waals surface area contributed by atoms with Gasteiger partial charge in [0.2, 0.25) is 0 Å². The van der Waals surface area contributed by atoms with Crippen molar-refractivity contribution in [2.75, 3.05) is 6.54 Å². The average molecular weight is 343 g/mol. The maximum Gasteiger partial charge on any atom is 0.163 e. The summed E-state index contributed by atoms with van der Waals surface area (Å²) in [6.45, 7) is 0.959. The van der Waals surface area contributed by atoms with Crippen LogP contribution in [-0.4, -0.2) is 44.1 Å². The third-order valence-electron chi connectivity index (χ3n) is 3.84. The van der Waals surface area contributed by atoms with Crippen LogP contribution < -0.4 is 5.32 Å². The second-order valence-electron chi connectivity index (χ2n) is 5.48. The summed E-state index contributed by atoms with van der Waals surface area (Å²) in [7, 11) is 0. The normalized spacial score (nSPS) is 22.1. The zero-order chi connectivity index (χ0) is 15.7. The molecular weight excluding hydrogens is 327 g/mol. The topological polar surface area (TPSA) is 80.0 Å². The molecule has 1 aliphatic heterocycles. The third-order valence-corrected chi connectivity index (χ3v) is 4.32. The first-order valence-electron chi connectivity index (χ1n) is 7.14. The van der Waals surface area contributed by atoms with Crippen molar-refractivity contribution >= 4 is 40.1 Å². The molecule has 0 unspecified atom stereocenters. The summed E-state index contributed by atoms with van der Waals surface area (Å²) in [4.78, 5) is 20.6. The van der Waals surface area contributed by atoms with E-state index in [-0.39, 0.29) is 29.9 Å². The lowest BCUT2D eigenvalue weighted by molar-refractivity contribution is -0.121. The minimum atomic E-state index is -0.473. The number of aliphatic hydroxyl groups is 1. The van der Waals surface area contributed by atoms with Crippen molar-refractivity contribution in [1.29, 1.82) is 0 Å². The molecule has 118 valence electrons. The van der Waals surface area contributed by atoms with Crippen LogP contribution in [0.15, 0.2) is 12.4 Å². The Bertz CT molecular complexity index is 703. The number of hydrogen-bond donors (Lipinski definition) is 2. The standard InChI is InChI=1S/C14H16Cl2N4O2/c15-9-5-12(16)19-14-13(9)18-7-20(14)6-8(21)4-10-11(22)2-1-3-17-10/h5,7,10-11,17,22H,1-4,6H2/t10-,11+/m1/s1. The maximum absolute atomic E-state index is 12.2. The van der Waals surface area contributed by atoms with E-state index in [1.807, 2.05) is 0 Å². The summed E-state index contributed by atoms with van der Waals surface area (Å²) < 4.78 is 1.63. The number of pyridine rings is 1. The second-order valence-corrected chi connectivity index (χ2v) is 6.28. The van der Waals surface area contributed by atoms with E-state index in [9.17, 15) is 9.90 Å². The van der Waals surface area contributed by atoms with E-state index >= 15 is 0 Å². The molecule has 8 heteroatoms. The number of imidazole rings is 1. The fraction of sp³-hybridized carbons (Fsp3) is 0.500. The summed E-state index contributed by atoms with van der Waals surface area (Å²) >= 11 is 12.0. The van der Waals surface area contributed by atoms with Crippen LogP contribution in [0.1, 0.15) is 19.3 Å². The van der Waals surface area contributed by atoms with E-state index in [1.54, 1.807) is 4.57 Å². The molecule has 2 aromatic rings. The third kappa shape index (κ3) is 3.25. The van der Waals surface area contributed by atoms with E-state index < -0.39 is 6.10 Å². The first-order chi connectivity index (χ1) is 10.5. The zero-order valence-corrected chi connectivity index (χ0v) is 13.3. The Kier molecular flexibility index (Phi) is 4.63. The van der Waals surface area contributed by atoms with Crippen LogP contribution in [0.5, 0.6) is 0 Å². The second kappa shape index (κ2) is 6.50. The van der Waals surface area contributed by atoms with E-state index in [4.69, 9.17) is 23.2 Å². The lowest BCUT2D eigenvalue weighted by Crippen LogP contribution is -2.46. The molecule has 0 amide bonds. The monoisotopic (exact) mass is 342 g/mol. The molecule has 3 rings (SSSR count). The Labute approximate surface area is 137 Å². The molecule has 1 aliphatic rings. The number of carbonyl (C=O) groups is 1. The van der Waals surface area contributed by atoms with Gasteiger partial charge in [-0.1, -0.05) is 23.2 Å². The number of nitrogens with zero attached hydrogens (tertiary/aromatic N) is 3. The molecule has 6 nitrogen and oxygen atoms in total. The van der Waals surface area contributed by atoms with Gasteiger partial charge in [0.1, 0.15) is 10.7 Å². The van der Waals surface area contributed by atoms with E-state index in [0.29, 0.717) is 16.2 Å². The van der Waals surface area contributed by atoms with Gasteiger partial charge in [-0.25, -0.2) is 9.97 Å². The molecule has 3 heterocycles. The Morgan fingerprint density at radius 2 is 2.32 bits per heavy atom. The molecule has 0 radical (unpaired) electrons. The van der Waals surface area contributed by atoms with Gasteiger partial charge < -0.3 is 15.0 Å². The highest BCUT2D eigenvalue weighted by Gasteiger charge is 2.25. The number of nitrogens with one attached hydrogen (secondary N) is 1. The Morgan fingerprint density at radius 3 is 3.09 bits per heavy atom. The number of hydrogen-bond acceptors (Lipinski definition) is 5. The van der Waals surface area contributed by atoms with Gasteiger partial charge in [-0.2, -0.15) is 0 Å². The minimum Gasteiger partial charge on any atom is -0.391 e. The number of ketones is 1. The fourth-order valence-corrected chi connectivity index (χ4v) is 3.21. The number of piperidine rings is 1. The highest BCUT2D eigenvalue weighted by Crippen LogP contribution is 2.24. The first kappa shape index (κ1) is 15.7. The molecule has 2 aromatic heterocycles. The van der Waals surface area contributed by atoms with Crippen molar-refractivity contribution in [3.63, 3.8) is 0 Å². The van der Waals surface area contributed by atoms with Gasteiger partial charge >= 0.3 is 0 Å². The Morgan fingerprint density at radius 1 is 1.50 bits per heavy atom. The lowest BCUT2D eigenvalue weighted by Gasteiger charge is -2.28. The predicted octanol–water partition coefficient (Wildman–Crippen LogP) is 1.81. The molecule has 0 aliphatic carbocycles. The van der Waals surface area contributed by atoms with Crippen LogP contribution >= 0.6 is 23.2 Å². The number of fused-ring (bicyclic) bond motifs is 1. The van der Waals surface area contributed by atoms with Gasteiger partial charge in [-0.05, 0) is 25.5 Å². The molecule has 1 saturated heterocycles. The van der Waals surface area contributed by atoms with Gasteiger partial charge in [0.05, 0.1) is 24.0 Å². The van der Waals surface area contributed by atoms with E-state index in [0.717, 1.165) is 19.4 Å². The molecule has 0 bridgehead atoms. The van der Waals surface area contributed by atoms with Crippen molar-refractivity contribution in [3.05, 3.63) is 22.6 Å². The van der Waals surface area contributed by atoms with Crippen molar-refractivity contribution in [2.45, 2.75) is 38.0 Å². The number of Topliss-reactive ketones (excluding diaryl/α,β-unsaturated/α-hetero) is 1. The average Bonchev–Trinajstić information content (AvgIpc) is 2.85. The predicted molar refractivity (Wildman–Crippen MR) is 84.2 cm³/mol. The quantitative estimate of drug-likeness (QED) is 0.828. The van der Waals surface area contributed by atoms with Crippen molar-refractivity contribution < 1.29 is 9.90 Å². The fourth-order valence-electron chi connectivity index (χ4n) is 2.73. The summed E-state index contributed by atoms with van der Waals surface area (Å²) in [5.41, 5.74) is 1.01. The SMILES string of the molecule is O=C(C[C@H]1NCCC[C@@H]1O)Cn1cnc2c(Cl)cc(Cl)nc21. The van der Waals surface area contributed by atoms with E-state index in [1.165, 1.54) is 12.4 Å². The van der Waals surface area contributed by atoms with Crippen molar-refractivity contribution in [2.24, 2.45) is 0 Å². The smallest absolute Gasteiger partial charge is 0.163 e. The van der Waals surface area contributed by atoms with Crippen LogP contribution in [-0.2, 0) is 11.3 Å². The zero-order valence-electron chi connectivity index (χ0n) is 11.8. The molecule has 2 N–H and O–H groups in total. The van der Waals surface area contributed by atoms with E-state index in [2.05, 4.69) is 15.3 Å². The maximum atomic E-state index is 12.2. The van der Waals surface area contributed by atoms with Gasteiger partial charge in [0.15, 0.2) is 11.4 Å². The highest BCUT2D eigenvalue weighted by atomic mass is 35.5. The molecule has 22 heavy (non-hydrogen) atoms. The number of halogens is 2. The number of aliphatic hydroxyl groups excluding tert-OH is 1. The molecule has 0 spiro atoms. The van der Waals surface area contributed by atoms with Crippen LogP contribution in [0.2, 0.25) is 10.2 Å². The highest BCUT2D eigenvalue weighted by molar-refractivity contribution is 6.37. The molecular formula is C14H16Cl2N4O2. The van der Waals surface area contributed by atoms with Gasteiger partial charge in [-0.3, -0.25) is 4.79 Å². The number of aromatic nitrogens is 3. The molecule has 0 saturated carbocycles. The van der Waals surface area contributed by atoms with Crippen LogP contribution in [0.3, 0.4) is 0 Å². The summed E-state index contributed by atoms with van der Waals surface area (Å²) in [5.74, 6) is -0.00403. The number of carbonyl (C=O) groups excluding carboxylic acids is 1. The van der Waals surface area contributed by atoms with Gasteiger partial charge in [0.25, 0.3) is 0 Å². The largest absolute Gasteiger partial charge is 0.391 e. The van der Waals surface area contributed by atoms with Crippen LogP contribution in [0.25, 0.3) is 11.2 Å². The van der Waals surface area contributed by atoms with Gasteiger partial charge in [-0.15, -0.1) is 0 Å². The Hall–Kier alpha value is -1.21. The van der Waals surface area contributed by atoms with Crippen LogP contribution in [0.4, 0.5) is 0 Å². The molecule has 2 atom stereocenters. The first-order valence-corrected chi connectivity index (χ1v) is 7.90.